The van der Waals surface area contributed by atoms with E-state index in [1.54, 1.807) is 7.05 Å². The number of carboxylic acid groups (broad SMARTS) is 1. The number of nitrogens with zero attached hydrogens (tertiary/aromatic N) is 2. The SMILES string of the molecule is CC(C)CN(CC(C)C)c1ccc(C2CC2C(=O)O)cc1NC(=O)N(C)c1ccc(OCC(F)(F)F)cc1. The van der Waals surface area contributed by atoms with Crippen LogP contribution in [-0.4, -0.2) is 50.0 Å². The highest BCUT2D eigenvalue weighted by Crippen LogP contribution is 2.49. The summed E-state index contributed by atoms with van der Waals surface area (Å²) in [6.07, 6.45) is -3.88. The van der Waals surface area contributed by atoms with Crippen LogP contribution in [0.15, 0.2) is 42.5 Å². The Kier molecular flexibility index (Phi) is 9.17. The van der Waals surface area contributed by atoms with Gasteiger partial charge in [-0.25, -0.2) is 4.79 Å². The molecule has 2 unspecified atom stereocenters. The molecule has 1 aliphatic carbocycles. The lowest BCUT2D eigenvalue weighted by atomic mass is 10.0. The van der Waals surface area contributed by atoms with Gasteiger partial charge in [0.1, 0.15) is 5.75 Å². The summed E-state index contributed by atoms with van der Waals surface area (Å²) >= 11 is 0. The van der Waals surface area contributed by atoms with Gasteiger partial charge in [-0.1, -0.05) is 33.8 Å². The number of urea groups is 1. The van der Waals surface area contributed by atoms with E-state index in [1.807, 2.05) is 18.2 Å². The summed E-state index contributed by atoms with van der Waals surface area (Å²) in [5, 5.41) is 12.4. The molecule has 2 aromatic carbocycles. The van der Waals surface area contributed by atoms with Crippen LogP contribution in [0.4, 0.5) is 35.0 Å². The zero-order valence-electron chi connectivity index (χ0n) is 22.4. The smallest absolute Gasteiger partial charge is 0.422 e. The monoisotopic (exact) mass is 535 g/mol. The number of halogens is 3. The average molecular weight is 536 g/mol. The fourth-order valence-electron chi connectivity index (χ4n) is 4.40. The van der Waals surface area contributed by atoms with E-state index in [9.17, 15) is 27.9 Å². The highest BCUT2D eigenvalue weighted by atomic mass is 19.4. The van der Waals surface area contributed by atoms with Gasteiger partial charge in [-0.15, -0.1) is 0 Å². The number of aliphatic carboxylic acids is 1. The van der Waals surface area contributed by atoms with E-state index in [1.165, 1.54) is 29.2 Å². The summed E-state index contributed by atoms with van der Waals surface area (Å²) in [7, 11) is 1.56. The zero-order chi connectivity index (χ0) is 28.2. The minimum Gasteiger partial charge on any atom is -0.484 e. The van der Waals surface area contributed by atoms with E-state index in [4.69, 9.17) is 4.74 Å². The Morgan fingerprint density at radius 2 is 1.66 bits per heavy atom. The van der Waals surface area contributed by atoms with Crippen LogP contribution in [0.3, 0.4) is 0 Å². The summed E-state index contributed by atoms with van der Waals surface area (Å²) in [6.45, 7) is 8.65. The number of benzene rings is 2. The van der Waals surface area contributed by atoms with Crippen molar-refractivity contribution in [1.29, 1.82) is 0 Å². The first-order chi connectivity index (χ1) is 17.7. The number of carboxylic acids is 1. The summed E-state index contributed by atoms with van der Waals surface area (Å²) < 4.78 is 42.0. The Morgan fingerprint density at radius 1 is 1.05 bits per heavy atom. The number of nitrogens with one attached hydrogen (secondary N) is 1. The first-order valence-corrected chi connectivity index (χ1v) is 12.7. The van der Waals surface area contributed by atoms with Crippen LogP contribution < -0.4 is 19.9 Å². The number of hydrogen-bond acceptors (Lipinski definition) is 4. The quantitative estimate of drug-likeness (QED) is 0.339. The minimum atomic E-state index is -4.44. The number of ether oxygens (including phenoxy) is 1. The topological polar surface area (TPSA) is 82.1 Å². The number of carbonyl (C=O) groups is 2. The average Bonchev–Trinajstić information content (AvgIpc) is 3.62. The van der Waals surface area contributed by atoms with Crippen molar-refractivity contribution in [2.45, 2.75) is 46.2 Å². The van der Waals surface area contributed by atoms with Gasteiger partial charge in [0.2, 0.25) is 0 Å². The van der Waals surface area contributed by atoms with Crippen molar-refractivity contribution in [2.75, 3.05) is 41.9 Å². The summed E-state index contributed by atoms with van der Waals surface area (Å²) in [4.78, 5) is 28.3. The lowest BCUT2D eigenvalue weighted by Crippen LogP contribution is -2.34. The second-order valence-electron chi connectivity index (χ2n) is 10.6. The number of anilines is 3. The van der Waals surface area contributed by atoms with Crippen LogP contribution >= 0.6 is 0 Å². The molecule has 10 heteroatoms. The van der Waals surface area contributed by atoms with Crippen LogP contribution in [0.5, 0.6) is 5.75 Å². The third-order valence-electron chi connectivity index (χ3n) is 6.24. The van der Waals surface area contributed by atoms with Crippen LogP contribution in [0.1, 0.15) is 45.6 Å². The molecule has 2 N–H and O–H groups in total. The normalized spacial score (nSPS) is 16.9. The molecule has 38 heavy (non-hydrogen) atoms. The summed E-state index contributed by atoms with van der Waals surface area (Å²) in [5.74, 6) is -0.552. The second kappa shape index (κ2) is 12.0. The Labute approximate surface area is 221 Å². The molecular formula is C28H36F3N3O4. The molecule has 0 saturated heterocycles. The van der Waals surface area contributed by atoms with Gasteiger partial charge in [0.15, 0.2) is 6.61 Å². The number of carbonyl (C=O) groups excluding carboxylic acids is 1. The molecule has 2 atom stereocenters. The van der Waals surface area contributed by atoms with Crippen LogP contribution in [0, 0.1) is 17.8 Å². The van der Waals surface area contributed by atoms with Crippen molar-refractivity contribution < 1.29 is 32.6 Å². The lowest BCUT2D eigenvalue weighted by molar-refractivity contribution is -0.153. The number of alkyl halides is 3. The fraction of sp³-hybridized carbons (Fsp3) is 0.500. The molecule has 7 nitrogen and oxygen atoms in total. The fourth-order valence-corrected chi connectivity index (χ4v) is 4.40. The van der Waals surface area contributed by atoms with E-state index in [-0.39, 0.29) is 11.7 Å². The predicted octanol–water partition coefficient (Wildman–Crippen LogP) is 6.60. The highest BCUT2D eigenvalue weighted by Gasteiger charge is 2.44. The maximum absolute atomic E-state index is 13.3. The van der Waals surface area contributed by atoms with Gasteiger partial charge in [-0.2, -0.15) is 13.2 Å². The number of rotatable bonds is 11. The second-order valence-corrected chi connectivity index (χ2v) is 10.6. The molecule has 0 bridgehead atoms. The van der Waals surface area contributed by atoms with Crippen molar-refractivity contribution in [2.24, 2.45) is 17.8 Å². The van der Waals surface area contributed by atoms with Crippen molar-refractivity contribution in [3.63, 3.8) is 0 Å². The molecular weight excluding hydrogens is 499 g/mol. The van der Waals surface area contributed by atoms with Gasteiger partial charge in [-0.05, 0) is 66.1 Å². The van der Waals surface area contributed by atoms with Crippen molar-refractivity contribution >= 4 is 29.1 Å². The van der Waals surface area contributed by atoms with Crippen LogP contribution in [-0.2, 0) is 4.79 Å². The van der Waals surface area contributed by atoms with E-state index in [0.717, 1.165) is 24.3 Å². The van der Waals surface area contributed by atoms with E-state index < -0.39 is 30.7 Å². The molecule has 2 amide bonds. The van der Waals surface area contributed by atoms with Crippen LogP contribution in [0.25, 0.3) is 0 Å². The molecule has 1 saturated carbocycles. The molecule has 3 rings (SSSR count). The highest BCUT2D eigenvalue weighted by molar-refractivity contribution is 6.03. The van der Waals surface area contributed by atoms with Crippen molar-refractivity contribution in [3.8, 4) is 5.75 Å². The first-order valence-electron chi connectivity index (χ1n) is 12.7. The molecule has 0 spiro atoms. The first kappa shape index (κ1) is 29.1. The van der Waals surface area contributed by atoms with Gasteiger partial charge in [0, 0.05) is 25.8 Å². The number of amides is 2. The molecule has 0 aliphatic heterocycles. The molecule has 0 radical (unpaired) electrons. The van der Waals surface area contributed by atoms with Crippen molar-refractivity contribution in [1.82, 2.24) is 0 Å². The molecule has 1 fully saturated rings. The minimum absolute atomic E-state index is 0.0466. The maximum atomic E-state index is 13.3. The largest absolute Gasteiger partial charge is 0.484 e. The van der Waals surface area contributed by atoms with E-state index in [0.29, 0.717) is 29.6 Å². The summed E-state index contributed by atoms with van der Waals surface area (Å²) in [5.41, 5.74) is 2.76. The Morgan fingerprint density at radius 3 is 2.16 bits per heavy atom. The Balaban J connectivity index is 1.84. The van der Waals surface area contributed by atoms with Gasteiger partial charge in [0.25, 0.3) is 0 Å². The molecule has 0 heterocycles. The predicted molar refractivity (Wildman–Crippen MR) is 142 cm³/mol. The molecule has 208 valence electrons. The van der Waals surface area contributed by atoms with Crippen molar-refractivity contribution in [3.05, 3.63) is 48.0 Å². The zero-order valence-corrected chi connectivity index (χ0v) is 22.4. The van der Waals surface area contributed by atoms with Crippen LogP contribution in [0.2, 0.25) is 0 Å². The molecule has 2 aromatic rings. The van der Waals surface area contributed by atoms with E-state index in [2.05, 4.69) is 37.9 Å². The van der Waals surface area contributed by atoms with Gasteiger partial charge in [-0.3, -0.25) is 9.69 Å². The lowest BCUT2D eigenvalue weighted by Gasteiger charge is -2.31. The van der Waals surface area contributed by atoms with Gasteiger partial charge in [0.05, 0.1) is 17.3 Å². The van der Waals surface area contributed by atoms with Gasteiger partial charge >= 0.3 is 18.2 Å². The number of hydrogen-bond donors (Lipinski definition) is 2. The summed E-state index contributed by atoms with van der Waals surface area (Å²) in [6, 6.07) is 11.1. The van der Waals surface area contributed by atoms with E-state index >= 15 is 0 Å². The Hall–Kier alpha value is -3.43. The standard InChI is InChI=1S/C28H36F3N3O4/c1-17(2)14-34(15-18(3)4)25-11-6-19(22-13-23(22)26(35)36)12-24(25)32-27(37)33(5)20-7-9-21(10-8-20)38-16-28(29,30)31/h6-12,17-18,22-23H,13-16H2,1-5H3,(H,32,37)(H,35,36). The Bertz CT molecular complexity index is 1110. The third kappa shape index (κ3) is 8.03. The molecule has 0 aromatic heterocycles. The third-order valence-corrected chi connectivity index (χ3v) is 6.24. The maximum Gasteiger partial charge on any atom is 0.422 e. The molecule has 1 aliphatic rings. The van der Waals surface area contributed by atoms with Gasteiger partial charge < -0.3 is 20.1 Å².